The molecule has 120 valence electrons. The summed E-state index contributed by atoms with van der Waals surface area (Å²) in [4.78, 5) is 27.8. The fourth-order valence-electron chi connectivity index (χ4n) is 1.78. The first-order valence-corrected chi connectivity index (χ1v) is 7.52. The summed E-state index contributed by atoms with van der Waals surface area (Å²) in [6, 6.07) is 8.64. The number of esters is 1. The molecule has 0 unspecified atom stereocenters. The van der Waals surface area contributed by atoms with Crippen LogP contribution < -0.4 is 5.32 Å². The molecule has 1 N–H and O–H groups in total. The van der Waals surface area contributed by atoms with Crippen LogP contribution in [0.5, 0.6) is 0 Å². The van der Waals surface area contributed by atoms with Crippen molar-refractivity contribution in [2.75, 3.05) is 5.32 Å². The van der Waals surface area contributed by atoms with Crippen LogP contribution in [0.25, 0.3) is 0 Å². The lowest BCUT2D eigenvalue weighted by Crippen LogP contribution is -2.30. The first-order valence-electron chi connectivity index (χ1n) is 6.76. The lowest BCUT2D eigenvalue weighted by Gasteiger charge is -2.14. The number of carbonyl (C=O) groups excluding carboxylic acids is 2. The molecule has 2 rings (SSSR count). The van der Waals surface area contributed by atoms with Crippen molar-refractivity contribution < 1.29 is 14.3 Å². The highest BCUT2D eigenvalue weighted by Crippen LogP contribution is 2.20. The highest BCUT2D eigenvalue weighted by atomic mass is 35.5. The first-order chi connectivity index (χ1) is 10.9. The van der Waals surface area contributed by atoms with Gasteiger partial charge in [-0.3, -0.25) is 4.79 Å². The van der Waals surface area contributed by atoms with Crippen LogP contribution in [0.3, 0.4) is 0 Å². The van der Waals surface area contributed by atoms with Crippen molar-refractivity contribution in [2.45, 2.75) is 20.0 Å². The number of hydrogen-bond donors (Lipinski definition) is 1. The standard InChI is InChI=1S/C16H14Cl2N2O3/c1-9-4-3-5-12(6-9)20-15(21)10(2)23-16(22)11-7-13(17)14(18)19-8-11/h3-8,10H,1-2H3,(H,20,21)/t10-/m1/s1. The molecular formula is C16H14Cl2N2O3. The number of ether oxygens (including phenoxy) is 1. The number of pyridine rings is 1. The molecule has 23 heavy (non-hydrogen) atoms. The molecule has 1 atom stereocenters. The second-order valence-electron chi connectivity index (χ2n) is 4.90. The van der Waals surface area contributed by atoms with Crippen LogP contribution in [0, 0.1) is 6.92 Å². The van der Waals surface area contributed by atoms with Crippen molar-refractivity contribution in [3.05, 3.63) is 57.8 Å². The summed E-state index contributed by atoms with van der Waals surface area (Å²) in [5, 5.41) is 2.91. The highest BCUT2D eigenvalue weighted by Gasteiger charge is 2.20. The lowest BCUT2D eigenvalue weighted by atomic mass is 10.2. The summed E-state index contributed by atoms with van der Waals surface area (Å²) in [7, 11) is 0. The highest BCUT2D eigenvalue weighted by molar-refractivity contribution is 6.41. The van der Waals surface area contributed by atoms with E-state index in [-0.39, 0.29) is 15.7 Å². The molecule has 0 radical (unpaired) electrons. The Bertz CT molecular complexity index is 750. The Morgan fingerprint density at radius 3 is 2.65 bits per heavy atom. The Morgan fingerprint density at radius 1 is 1.26 bits per heavy atom. The molecule has 0 fully saturated rings. The summed E-state index contributed by atoms with van der Waals surface area (Å²) in [6.07, 6.45) is 0.263. The van der Waals surface area contributed by atoms with E-state index in [4.69, 9.17) is 27.9 Å². The minimum atomic E-state index is -0.975. The number of benzene rings is 1. The number of halogens is 2. The zero-order valence-electron chi connectivity index (χ0n) is 12.5. The topological polar surface area (TPSA) is 68.3 Å². The van der Waals surface area contributed by atoms with E-state index in [1.54, 1.807) is 6.07 Å². The van der Waals surface area contributed by atoms with Crippen molar-refractivity contribution in [3.63, 3.8) is 0 Å². The van der Waals surface area contributed by atoms with Crippen molar-refractivity contribution in [3.8, 4) is 0 Å². The molecule has 0 aliphatic heterocycles. The van der Waals surface area contributed by atoms with Gasteiger partial charge in [0.05, 0.1) is 10.6 Å². The maximum atomic E-state index is 12.1. The fraction of sp³-hybridized carbons (Fsp3) is 0.188. The molecule has 1 aromatic heterocycles. The van der Waals surface area contributed by atoms with E-state index in [2.05, 4.69) is 10.3 Å². The molecule has 0 bridgehead atoms. The molecular weight excluding hydrogens is 339 g/mol. The van der Waals surface area contributed by atoms with Gasteiger partial charge in [0.2, 0.25) is 0 Å². The predicted octanol–water partition coefficient (Wildman–Crippen LogP) is 3.88. The molecule has 0 aliphatic carbocycles. The lowest BCUT2D eigenvalue weighted by molar-refractivity contribution is -0.123. The average Bonchev–Trinajstić information content (AvgIpc) is 2.49. The third kappa shape index (κ3) is 4.68. The summed E-state index contributed by atoms with van der Waals surface area (Å²) < 4.78 is 5.10. The summed E-state index contributed by atoms with van der Waals surface area (Å²) in [5.74, 6) is -1.14. The van der Waals surface area contributed by atoms with Gasteiger partial charge >= 0.3 is 5.97 Å². The number of anilines is 1. The van der Waals surface area contributed by atoms with Crippen molar-refractivity contribution in [1.29, 1.82) is 0 Å². The molecule has 0 saturated heterocycles. The van der Waals surface area contributed by atoms with Crippen molar-refractivity contribution in [2.24, 2.45) is 0 Å². The van der Waals surface area contributed by atoms with Crippen LogP contribution in [0.1, 0.15) is 22.8 Å². The zero-order chi connectivity index (χ0) is 17.0. The number of aromatic nitrogens is 1. The van der Waals surface area contributed by atoms with E-state index >= 15 is 0 Å². The van der Waals surface area contributed by atoms with Crippen molar-refractivity contribution in [1.82, 2.24) is 4.98 Å². The van der Waals surface area contributed by atoms with E-state index in [0.717, 1.165) is 5.56 Å². The van der Waals surface area contributed by atoms with Gasteiger partial charge in [0, 0.05) is 11.9 Å². The second-order valence-corrected chi connectivity index (χ2v) is 5.67. The number of nitrogens with one attached hydrogen (secondary N) is 1. The van der Waals surface area contributed by atoms with Gasteiger partial charge in [-0.1, -0.05) is 35.3 Å². The van der Waals surface area contributed by atoms with E-state index in [9.17, 15) is 9.59 Å². The van der Waals surface area contributed by atoms with Crippen LogP contribution in [-0.2, 0) is 9.53 Å². The summed E-state index contributed by atoms with van der Waals surface area (Å²) in [6.45, 7) is 3.39. The third-order valence-corrected chi connectivity index (χ3v) is 3.66. The van der Waals surface area contributed by atoms with E-state index in [0.29, 0.717) is 5.69 Å². The monoisotopic (exact) mass is 352 g/mol. The van der Waals surface area contributed by atoms with Gasteiger partial charge in [-0.2, -0.15) is 0 Å². The molecule has 1 heterocycles. The number of aryl methyl sites for hydroxylation is 1. The molecule has 0 saturated carbocycles. The van der Waals surface area contributed by atoms with Gasteiger partial charge < -0.3 is 10.1 Å². The predicted molar refractivity (Wildman–Crippen MR) is 88.9 cm³/mol. The van der Waals surface area contributed by atoms with Gasteiger partial charge in [0.1, 0.15) is 5.15 Å². The minimum absolute atomic E-state index is 0.0912. The SMILES string of the molecule is Cc1cccc(NC(=O)[C@@H](C)OC(=O)c2cnc(Cl)c(Cl)c2)c1. The summed E-state index contributed by atoms with van der Waals surface area (Å²) >= 11 is 11.5. The van der Waals surface area contributed by atoms with E-state index in [1.807, 2.05) is 25.1 Å². The van der Waals surface area contributed by atoms with Gasteiger partial charge in [-0.05, 0) is 37.6 Å². The van der Waals surface area contributed by atoms with Crippen LogP contribution in [0.2, 0.25) is 10.2 Å². The number of rotatable bonds is 4. The van der Waals surface area contributed by atoms with Crippen LogP contribution >= 0.6 is 23.2 Å². The Balaban J connectivity index is 2.00. The number of nitrogens with zero attached hydrogens (tertiary/aromatic N) is 1. The van der Waals surface area contributed by atoms with Crippen LogP contribution in [0.15, 0.2) is 36.5 Å². The van der Waals surface area contributed by atoms with E-state index in [1.165, 1.54) is 19.2 Å². The Labute approximate surface area is 143 Å². The second kappa shape index (κ2) is 7.44. The fourth-order valence-corrected chi connectivity index (χ4v) is 2.05. The van der Waals surface area contributed by atoms with Gasteiger partial charge in [0.25, 0.3) is 5.91 Å². The van der Waals surface area contributed by atoms with Gasteiger partial charge in [0.15, 0.2) is 6.10 Å². The van der Waals surface area contributed by atoms with Crippen LogP contribution in [0.4, 0.5) is 5.69 Å². The zero-order valence-corrected chi connectivity index (χ0v) is 14.0. The Hall–Kier alpha value is -2.11. The quantitative estimate of drug-likeness (QED) is 0.669. The molecule has 1 amide bonds. The first kappa shape index (κ1) is 17.2. The van der Waals surface area contributed by atoms with E-state index < -0.39 is 18.0 Å². The summed E-state index contributed by atoms with van der Waals surface area (Å²) in [5.41, 5.74) is 1.76. The number of hydrogen-bond acceptors (Lipinski definition) is 4. The molecule has 7 heteroatoms. The van der Waals surface area contributed by atoms with Gasteiger partial charge in [-0.25, -0.2) is 9.78 Å². The minimum Gasteiger partial charge on any atom is -0.449 e. The van der Waals surface area contributed by atoms with Crippen molar-refractivity contribution >= 4 is 40.8 Å². The average molecular weight is 353 g/mol. The number of carbonyl (C=O) groups is 2. The molecule has 5 nitrogen and oxygen atoms in total. The van der Waals surface area contributed by atoms with Crippen LogP contribution in [-0.4, -0.2) is 23.0 Å². The largest absolute Gasteiger partial charge is 0.449 e. The molecule has 1 aromatic carbocycles. The molecule has 2 aromatic rings. The Morgan fingerprint density at radius 2 is 2.00 bits per heavy atom. The maximum Gasteiger partial charge on any atom is 0.340 e. The normalized spacial score (nSPS) is 11.7. The molecule has 0 aliphatic rings. The molecule has 0 spiro atoms. The number of amides is 1. The third-order valence-electron chi connectivity index (χ3n) is 2.97. The maximum absolute atomic E-state index is 12.1. The van der Waals surface area contributed by atoms with Gasteiger partial charge in [-0.15, -0.1) is 0 Å². The Kier molecular flexibility index (Phi) is 5.58. The smallest absolute Gasteiger partial charge is 0.340 e.